The summed E-state index contributed by atoms with van der Waals surface area (Å²) in [6.45, 7) is 2.05. The second kappa shape index (κ2) is 10.3. The molecule has 2 unspecified atom stereocenters. The molecule has 0 amide bonds. The average Bonchev–Trinajstić information content (AvgIpc) is 2.68. The summed E-state index contributed by atoms with van der Waals surface area (Å²) in [5, 5.41) is 10.6. The van der Waals surface area contributed by atoms with Gasteiger partial charge in [-0.1, -0.05) is 19.1 Å². The zero-order valence-corrected chi connectivity index (χ0v) is 16.4. The van der Waals surface area contributed by atoms with Crippen molar-refractivity contribution in [1.82, 2.24) is 0 Å². The number of aliphatic hydroxyl groups excluding tert-OH is 1. The second-order valence-corrected chi connectivity index (χ2v) is 6.73. The molecule has 0 aliphatic heterocycles. The van der Waals surface area contributed by atoms with E-state index < -0.39 is 6.10 Å². The summed E-state index contributed by atoms with van der Waals surface area (Å²) in [6.07, 6.45) is 2.25. The number of ether oxygens (including phenoxy) is 1. The van der Waals surface area contributed by atoms with Gasteiger partial charge in [0, 0.05) is 11.7 Å². The molecule has 2 aromatic carbocycles. The molecule has 27 heavy (non-hydrogen) atoms. The predicted octanol–water partition coefficient (Wildman–Crippen LogP) is 5.39. The lowest BCUT2D eigenvalue weighted by atomic mass is 9.99. The molecule has 3 nitrogen and oxygen atoms in total. The van der Waals surface area contributed by atoms with Crippen LogP contribution in [0.1, 0.15) is 44.3 Å². The second-order valence-electron chi connectivity index (χ2n) is 6.38. The van der Waals surface area contributed by atoms with Crippen LogP contribution in [0.4, 0.5) is 14.5 Å². The normalized spacial score (nSPS) is 13.1. The highest BCUT2D eigenvalue weighted by Crippen LogP contribution is 2.26. The minimum Gasteiger partial charge on any atom is -0.474 e. The topological polar surface area (TPSA) is 32.7 Å². The molecule has 0 aliphatic carbocycles. The minimum absolute atomic E-state index is 0.0586. The summed E-state index contributed by atoms with van der Waals surface area (Å²) in [7, 11) is 1.52. The molecule has 0 saturated heterocycles. The molecular weight excluding hydrogens is 368 g/mol. The first-order chi connectivity index (χ1) is 13.0. The van der Waals surface area contributed by atoms with E-state index in [9.17, 15) is 13.9 Å². The van der Waals surface area contributed by atoms with Gasteiger partial charge in [0.05, 0.1) is 13.2 Å². The smallest absolute Gasteiger partial charge is 0.263 e. The van der Waals surface area contributed by atoms with Crippen molar-refractivity contribution in [3.05, 3.63) is 65.7 Å². The van der Waals surface area contributed by atoms with Gasteiger partial charge in [-0.25, -0.2) is 8.78 Å². The standard InChI is InChI=1S/C21H25F2NO2S/c1-3-18(5-4-6-20(25)15-7-9-16(22)10-8-15)24(21(27)26-2)19-13-11-17(23)12-14-19/h7-14,18,20,25H,3-6H2,1-2H3. The average molecular weight is 393 g/mol. The number of halogens is 2. The highest BCUT2D eigenvalue weighted by atomic mass is 32.1. The van der Waals surface area contributed by atoms with Crippen LogP contribution in [0.15, 0.2) is 48.5 Å². The largest absolute Gasteiger partial charge is 0.474 e. The Bertz CT molecular complexity index is 722. The molecule has 6 heteroatoms. The number of thiocarbonyl (C=S) groups is 1. The number of methoxy groups -OCH3 is 1. The fraction of sp³-hybridized carbons (Fsp3) is 0.381. The Morgan fingerprint density at radius 2 is 1.59 bits per heavy atom. The minimum atomic E-state index is -0.642. The van der Waals surface area contributed by atoms with Crippen LogP contribution in [-0.4, -0.2) is 23.4 Å². The maximum Gasteiger partial charge on any atom is 0.263 e. The third-order valence-electron chi connectivity index (χ3n) is 4.58. The van der Waals surface area contributed by atoms with Crippen LogP contribution >= 0.6 is 12.2 Å². The monoisotopic (exact) mass is 393 g/mol. The molecule has 0 aliphatic rings. The van der Waals surface area contributed by atoms with Crippen molar-refractivity contribution in [2.24, 2.45) is 0 Å². The Morgan fingerprint density at radius 1 is 1.04 bits per heavy atom. The molecule has 0 spiro atoms. The summed E-state index contributed by atoms with van der Waals surface area (Å²) in [5.41, 5.74) is 1.47. The number of aliphatic hydroxyl groups is 1. The van der Waals surface area contributed by atoms with Crippen LogP contribution in [0.2, 0.25) is 0 Å². The van der Waals surface area contributed by atoms with Gasteiger partial charge in [0.15, 0.2) is 0 Å². The maximum absolute atomic E-state index is 13.3. The van der Waals surface area contributed by atoms with Gasteiger partial charge in [-0.05, 0) is 79.9 Å². The van der Waals surface area contributed by atoms with Crippen molar-refractivity contribution in [3.63, 3.8) is 0 Å². The number of benzene rings is 2. The van der Waals surface area contributed by atoms with E-state index in [0.29, 0.717) is 17.2 Å². The van der Waals surface area contributed by atoms with Crippen molar-refractivity contribution >= 4 is 23.1 Å². The molecule has 2 aromatic rings. The van der Waals surface area contributed by atoms with Gasteiger partial charge in [-0.2, -0.15) is 0 Å². The van der Waals surface area contributed by atoms with Gasteiger partial charge in [0.1, 0.15) is 11.6 Å². The molecule has 0 bridgehead atoms. The predicted molar refractivity (Wildman–Crippen MR) is 108 cm³/mol. The highest BCUT2D eigenvalue weighted by Gasteiger charge is 2.22. The van der Waals surface area contributed by atoms with E-state index in [0.717, 1.165) is 24.9 Å². The molecule has 0 heterocycles. The van der Waals surface area contributed by atoms with E-state index >= 15 is 0 Å². The van der Waals surface area contributed by atoms with Crippen LogP contribution in [-0.2, 0) is 4.74 Å². The summed E-state index contributed by atoms with van der Waals surface area (Å²) in [5.74, 6) is -0.627. The molecule has 0 saturated carbocycles. The SMILES string of the molecule is CCC(CCCC(O)c1ccc(F)cc1)N(C(=S)OC)c1ccc(F)cc1. The van der Waals surface area contributed by atoms with E-state index in [1.807, 2.05) is 4.90 Å². The Labute approximate surface area is 164 Å². The lowest BCUT2D eigenvalue weighted by molar-refractivity contribution is 0.162. The van der Waals surface area contributed by atoms with Gasteiger partial charge in [-0.15, -0.1) is 0 Å². The van der Waals surface area contributed by atoms with Crippen molar-refractivity contribution in [2.75, 3.05) is 12.0 Å². The molecule has 1 N–H and O–H groups in total. The summed E-state index contributed by atoms with van der Waals surface area (Å²) in [6, 6.07) is 12.1. The number of anilines is 1. The maximum atomic E-state index is 13.3. The molecule has 0 fully saturated rings. The zero-order valence-electron chi connectivity index (χ0n) is 15.6. The van der Waals surface area contributed by atoms with Gasteiger partial charge in [0.2, 0.25) is 0 Å². The van der Waals surface area contributed by atoms with Crippen LogP contribution in [0, 0.1) is 11.6 Å². The Morgan fingerprint density at radius 3 is 2.11 bits per heavy atom. The van der Waals surface area contributed by atoms with E-state index in [1.165, 1.54) is 31.4 Å². The molecular formula is C21H25F2NO2S. The Kier molecular flexibility index (Phi) is 8.13. The van der Waals surface area contributed by atoms with Crippen molar-refractivity contribution < 1.29 is 18.6 Å². The Balaban J connectivity index is 2.02. The van der Waals surface area contributed by atoms with Crippen LogP contribution in [0.3, 0.4) is 0 Å². The van der Waals surface area contributed by atoms with E-state index in [4.69, 9.17) is 17.0 Å². The molecule has 2 atom stereocenters. The van der Waals surface area contributed by atoms with Crippen LogP contribution < -0.4 is 4.90 Å². The van der Waals surface area contributed by atoms with Crippen molar-refractivity contribution in [1.29, 1.82) is 0 Å². The molecule has 0 radical (unpaired) electrons. The molecule has 146 valence electrons. The summed E-state index contributed by atoms with van der Waals surface area (Å²) >= 11 is 5.35. The van der Waals surface area contributed by atoms with E-state index in [-0.39, 0.29) is 17.7 Å². The molecule has 0 aromatic heterocycles. The molecule has 2 rings (SSSR count). The first-order valence-corrected chi connectivity index (χ1v) is 9.43. The lowest BCUT2D eigenvalue weighted by Crippen LogP contribution is -2.40. The fourth-order valence-corrected chi connectivity index (χ4v) is 3.33. The fourth-order valence-electron chi connectivity index (χ4n) is 3.08. The van der Waals surface area contributed by atoms with Crippen LogP contribution in [0.25, 0.3) is 0 Å². The number of nitrogens with zero attached hydrogens (tertiary/aromatic N) is 1. The first-order valence-electron chi connectivity index (χ1n) is 9.02. The number of hydrogen-bond donors (Lipinski definition) is 1. The van der Waals surface area contributed by atoms with Gasteiger partial charge in [0.25, 0.3) is 5.17 Å². The van der Waals surface area contributed by atoms with Crippen molar-refractivity contribution in [3.8, 4) is 0 Å². The third kappa shape index (κ3) is 5.97. The number of hydrogen-bond acceptors (Lipinski definition) is 3. The quantitative estimate of drug-likeness (QED) is 0.610. The zero-order chi connectivity index (χ0) is 19.8. The third-order valence-corrected chi connectivity index (χ3v) is 4.95. The Hall–Kier alpha value is -2.05. The number of rotatable bonds is 8. The lowest BCUT2D eigenvalue weighted by Gasteiger charge is -2.32. The van der Waals surface area contributed by atoms with Crippen molar-refractivity contribution in [2.45, 2.75) is 44.8 Å². The van der Waals surface area contributed by atoms with E-state index in [1.54, 1.807) is 24.3 Å². The summed E-state index contributed by atoms with van der Waals surface area (Å²) in [4.78, 5) is 1.89. The van der Waals surface area contributed by atoms with Gasteiger partial charge >= 0.3 is 0 Å². The van der Waals surface area contributed by atoms with Crippen LogP contribution in [0.5, 0.6) is 0 Å². The van der Waals surface area contributed by atoms with Gasteiger partial charge in [-0.3, -0.25) is 0 Å². The summed E-state index contributed by atoms with van der Waals surface area (Å²) < 4.78 is 31.5. The van der Waals surface area contributed by atoms with E-state index in [2.05, 4.69) is 6.92 Å². The van der Waals surface area contributed by atoms with Gasteiger partial charge < -0.3 is 14.7 Å². The highest BCUT2D eigenvalue weighted by molar-refractivity contribution is 7.80. The first kappa shape index (κ1) is 21.3.